The number of hydrogen-bond donors (Lipinski definition) is 1. The number of likely N-dealkylation sites (tertiary alicyclic amines) is 1. The molecule has 166 valence electrons. The van der Waals surface area contributed by atoms with Gasteiger partial charge >= 0.3 is 0 Å². The maximum absolute atomic E-state index is 13.0. The quantitative estimate of drug-likeness (QED) is 0.742. The Morgan fingerprint density at radius 1 is 1.00 bits per heavy atom. The Labute approximate surface area is 194 Å². The topological polar surface area (TPSA) is 44.8 Å². The van der Waals surface area contributed by atoms with Crippen LogP contribution in [0.2, 0.25) is 0 Å². The van der Waals surface area contributed by atoms with Gasteiger partial charge in [-0.1, -0.05) is 29.8 Å². The van der Waals surface area contributed by atoms with Gasteiger partial charge in [0.05, 0.1) is 18.1 Å². The van der Waals surface area contributed by atoms with E-state index in [2.05, 4.69) is 47.7 Å². The highest BCUT2D eigenvalue weighted by molar-refractivity contribution is 7.14. The number of halogens is 1. The van der Waals surface area contributed by atoms with Crippen LogP contribution in [0, 0.1) is 0 Å². The van der Waals surface area contributed by atoms with Crippen molar-refractivity contribution in [2.45, 2.75) is 25.7 Å². The van der Waals surface area contributed by atoms with Crippen molar-refractivity contribution in [3.8, 4) is 0 Å². The number of fused-ring (bicyclic) bond motifs is 2. The summed E-state index contributed by atoms with van der Waals surface area (Å²) in [5.74, 6) is 0.0102. The Morgan fingerprint density at radius 3 is 2.52 bits per heavy atom. The predicted octanol–water partition coefficient (Wildman–Crippen LogP) is 3.77. The number of nitrogens with one attached hydrogen (secondary N) is 1. The van der Waals surface area contributed by atoms with Crippen molar-refractivity contribution in [2.75, 3.05) is 46.4 Å². The van der Waals surface area contributed by atoms with Gasteiger partial charge in [0.1, 0.15) is 0 Å². The van der Waals surface area contributed by atoms with Crippen molar-refractivity contribution in [1.82, 2.24) is 15.3 Å². The summed E-state index contributed by atoms with van der Waals surface area (Å²) in [6, 6.07) is 11.0. The fourth-order valence-electron chi connectivity index (χ4n) is 4.71. The smallest absolute Gasteiger partial charge is 0.275 e. The number of ether oxygens (including phenoxy) is 1. The molecule has 0 atom stereocenters. The van der Waals surface area contributed by atoms with E-state index in [0.29, 0.717) is 13.2 Å². The number of aryl methyl sites for hydroxylation is 2. The third-order valence-corrected chi connectivity index (χ3v) is 7.62. The van der Waals surface area contributed by atoms with Gasteiger partial charge in [0, 0.05) is 31.1 Å². The number of nitrogens with zero attached hydrogens (tertiary/aromatic N) is 2. The van der Waals surface area contributed by atoms with E-state index in [1.165, 1.54) is 27.1 Å². The number of piperidine rings is 1. The molecule has 1 N–H and O–H groups in total. The van der Waals surface area contributed by atoms with Crippen LogP contribution in [0.15, 0.2) is 35.9 Å². The molecule has 1 aliphatic carbocycles. The number of carbonyl (C=O) groups is 1. The van der Waals surface area contributed by atoms with Crippen LogP contribution in [0.3, 0.4) is 0 Å². The van der Waals surface area contributed by atoms with Crippen LogP contribution in [0.4, 0.5) is 0 Å². The van der Waals surface area contributed by atoms with Crippen LogP contribution in [-0.4, -0.2) is 62.3 Å². The van der Waals surface area contributed by atoms with E-state index >= 15 is 0 Å². The molecule has 2 saturated heterocycles. The van der Waals surface area contributed by atoms with Gasteiger partial charge in [0.15, 0.2) is 0 Å². The lowest BCUT2D eigenvalue weighted by molar-refractivity contribution is 0.0127. The molecule has 0 spiro atoms. The summed E-state index contributed by atoms with van der Waals surface area (Å²) in [4.78, 5) is 17.6. The van der Waals surface area contributed by atoms with Gasteiger partial charge in [-0.15, -0.1) is 23.7 Å². The van der Waals surface area contributed by atoms with Crippen LogP contribution in [0.5, 0.6) is 0 Å². The van der Waals surface area contributed by atoms with Gasteiger partial charge in [-0.3, -0.25) is 10.2 Å². The second-order valence-corrected chi connectivity index (χ2v) is 9.56. The zero-order valence-corrected chi connectivity index (χ0v) is 19.6. The van der Waals surface area contributed by atoms with E-state index in [9.17, 15) is 4.79 Å². The first-order valence-electron chi connectivity index (χ1n) is 10.9. The summed E-state index contributed by atoms with van der Waals surface area (Å²) >= 11 is 1.67. The summed E-state index contributed by atoms with van der Waals surface area (Å²) in [5.41, 5.74) is 10.1. The molecule has 3 heterocycles. The summed E-state index contributed by atoms with van der Waals surface area (Å²) in [6.45, 7) is 5.03. The highest BCUT2D eigenvalue weighted by atomic mass is 35.5. The van der Waals surface area contributed by atoms with Gasteiger partial charge in [-0.05, 0) is 61.1 Å². The average molecular weight is 460 g/mol. The molecule has 2 fully saturated rings. The van der Waals surface area contributed by atoms with E-state index in [1.54, 1.807) is 16.9 Å². The summed E-state index contributed by atoms with van der Waals surface area (Å²) < 4.78 is 5.39. The molecule has 7 heteroatoms. The number of rotatable bonds is 2. The zero-order chi connectivity index (χ0) is 20.5. The molecule has 0 unspecified atom stereocenters. The molecule has 31 heavy (non-hydrogen) atoms. The third-order valence-electron chi connectivity index (χ3n) is 6.43. The lowest BCUT2D eigenvalue weighted by atomic mass is 9.87. The molecule has 0 radical (unpaired) electrons. The predicted molar refractivity (Wildman–Crippen MR) is 128 cm³/mol. The van der Waals surface area contributed by atoms with Crippen LogP contribution >= 0.6 is 23.7 Å². The Balaban J connectivity index is 0.00000231. The maximum atomic E-state index is 13.0. The lowest BCUT2D eigenvalue weighted by Gasteiger charge is -2.27. The molecular weight excluding hydrogens is 430 g/mol. The van der Waals surface area contributed by atoms with E-state index < -0.39 is 0 Å². The SMILES string of the molecule is CN1CCC(=C2c3ccccc3CCc3sc(C(=O)NN4CCOCC4)cc32)CC1.Cl. The molecule has 2 aliphatic heterocycles. The molecule has 2 aromatic rings. The highest BCUT2D eigenvalue weighted by Gasteiger charge is 2.27. The normalized spacial score (nSPS) is 19.8. The van der Waals surface area contributed by atoms with Gasteiger partial charge in [-0.2, -0.15) is 0 Å². The lowest BCUT2D eigenvalue weighted by Crippen LogP contribution is -2.48. The second kappa shape index (κ2) is 9.84. The van der Waals surface area contributed by atoms with Crippen LogP contribution in [-0.2, 0) is 17.6 Å². The van der Waals surface area contributed by atoms with Crippen molar-refractivity contribution in [1.29, 1.82) is 0 Å². The van der Waals surface area contributed by atoms with Crippen molar-refractivity contribution in [3.05, 3.63) is 62.3 Å². The molecule has 0 bridgehead atoms. The molecule has 5 nitrogen and oxygen atoms in total. The number of morpholine rings is 1. The summed E-state index contributed by atoms with van der Waals surface area (Å²) in [6.07, 6.45) is 4.24. The number of carbonyl (C=O) groups excluding carboxylic acids is 1. The maximum Gasteiger partial charge on any atom is 0.275 e. The third kappa shape index (κ3) is 4.73. The fraction of sp³-hybridized carbons (Fsp3) is 0.458. The van der Waals surface area contributed by atoms with E-state index in [1.807, 2.05) is 5.01 Å². The zero-order valence-electron chi connectivity index (χ0n) is 18.0. The summed E-state index contributed by atoms with van der Waals surface area (Å²) in [7, 11) is 2.20. The molecule has 1 amide bonds. The first kappa shape index (κ1) is 22.5. The van der Waals surface area contributed by atoms with Gasteiger partial charge in [-0.25, -0.2) is 5.01 Å². The van der Waals surface area contributed by atoms with Crippen LogP contribution < -0.4 is 5.43 Å². The molecule has 1 aromatic heterocycles. The molecule has 0 saturated carbocycles. The number of hydrazine groups is 1. The van der Waals surface area contributed by atoms with E-state index in [0.717, 1.165) is 56.7 Å². The largest absolute Gasteiger partial charge is 0.379 e. The number of amides is 1. The van der Waals surface area contributed by atoms with Gasteiger partial charge in [0.25, 0.3) is 5.91 Å². The highest BCUT2D eigenvalue weighted by Crippen LogP contribution is 2.41. The Bertz CT molecular complexity index is 971. The van der Waals surface area contributed by atoms with Crippen molar-refractivity contribution in [2.24, 2.45) is 0 Å². The Hall–Kier alpha value is -1.70. The summed E-state index contributed by atoms with van der Waals surface area (Å²) in [5, 5.41) is 1.97. The van der Waals surface area contributed by atoms with E-state index in [4.69, 9.17) is 4.74 Å². The standard InChI is InChI=1S/C24H29N3O2S.ClH/c1-26-10-8-18(9-11-26)23-19-5-3-2-4-17(19)6-7-21-20(23)16-22(30-21)24(28)25-27-12-14-29-15-13-27;/h2-5,16H,6-15H2,1H3,(H,25,28);1H. The van der Waals surface area contributed by atoms with Gasteiger partial charge in [0.2, 0.25) is 0 Å². The van der Waals surface area contributed by atoms with Crippen LogP contribution in [0.25, 0.3) is 5.57 Å². The van der Waals surface area contributed by atoms with Crippen molar-refractivity contribution >= 4 is 35.2 Å². The molecule has 1 aromatic carbocycles. The fourth-order valence-corrected chi connectivity index (χ4v) is 5.76. The number of benzene rings is 1. The first-order chi connectivity index (χ1) is 14.7. The monoisotopic (exact) mass is 459 g/mol. The first-order valence-corrected chi connectivity index (χ1v) is 11.8. The van der Waals surface area contributed by atoms with Crippen molar-refractivity contribution < 1.29 is 9.53 Å². The molecule has 3 aliphatic rings. The van der Waals surface area contributed by atoms with Crippen LogP contribution in [0.1, 0.15) is 44.1 Å². The number of thiophene rings is 1. The minimum Gasteiger partial charge on any atom is -0.379 e. The number of hydrogen-bond acceptors (Lipinski definition) is 5. The Morgan fingerprint density at radius 2 is 1.74 bits per heavy atom. The Kier molecular flexibility index (Phi) is 7.14. The second-order valence-electron chi connectivity index (χ2n) is 8.43. The molecular formula is C24H30ClN3O2S. The average Bonchev–Trinajstić information content (AvgIpc) is 3.13. The van der Waals surface area contributed by atoms with Crippen molar-refractivity contribution in [3.63, 3.8) is 0 Å². The minimum atomic E-state index is 0. The molecule has 5 rings (SSSR count). The minimum absolute atomic E-state index is 0. The van der Waals surface area contributed by atoms with Gasteiger partial charge < -0.3 is 9.64 Å². The van der Waals surface area contributed by atoms with E-state index in [-0.39, 0.29) is 18.3 Å².